The van der Waals surface area contributed by atoms with Gasteiger partial charge in [0.2, 0.25) is 0 Å². The second kappa shape index (κ2) is 7.07. The van der Waals surface area contributed by atoms with Crippen molar-refractivity contribution in [1.29, 1.82) is 0 Å². The van der Waals surface area contributed by atoms with Crippen LogP contribution in [0, 0.1) is 12.7 Å². The van der Waals surface area contributed by atoms with E-state index in [1.807, 2.05) is 38.1 Å². The SMILES string of the molecule is CCC(NC(=O)c1ccc(OC)c(F)c1)c1ccc(C)cc1. The van der Waals surface area contributed by atoms with Crippen LogP contribution in [0.1, 0.15) is 40.9 Å². The van der Waals surface area contributed by atoms with Crippen LogP contribution < -0.4 is 10.1 Å². The fourth-order valence-corrected chi connectivity index (χ4v) is 2.27. The predicted octanol–water partition coefficient (Wildman–Crippen LogP) is 4.02. The molecule has 0 bridgehead atoms. The van der Waals surface area contributed by atoms with E-state index in [0.717, 1.165) is 12.0 Å². The topological polar surface area (TPSA) is 38.3 Å². The minimum absolute atomic E-state index is 0.0988. The molecule has 0 aromatic heterocycles. The van der Waals surface area contributed by atoms with Crippen LogP contribution in [0.4, 0.5) is 4.39 Å². The summed E-state index contributed by atoms with van der Waals surface area (Å²) in [6.45, 7) is 4.02. The highest BCUT2D eigenvalue weighted by Gasteiger charge is 2.15. The quantitative estimate of drug-likeness (QED) is 0.905. The van der Waals surface area contributed by atoms with Gasteiger partial charge in [-0.15, -0.1) is 0 Å². The van der Waals surface area contributed by atoms with E-state index in [2.05, 4.69) is 5.32 Å². The lowest BCUT2D eigenvalue weighted by molar-refractivity contribution is 0.0935. The Morgan fingerprint density at radius 3 is 2.45 bits per heavy atom. The first kappa shape index (κ1) is 16.0. The predicted molar refractivity (Wildman–Crippen MR) is 84.6 cm³/mol. The highest BCUT2D eigenvalue weighted by molar-refractivity contribution is 5.94. The fraction of sp³-hybridized carbons (Fsp3) is 0.278. The van der Waals surface area contributed by atoms with E-state index >= 15 is 0 Å². The van der Waals surface area contributed by atoms with Crippen LogP contribution in [0.25, 0.3) is 0 Å². The first-order chi connectivity index (χ1) is 10.5. The normalized spacial score (nSPS) is 11.8. The first-order valence-corrected chi connectivity index (χ1v) is 7.26. The first-order valence-electron chi connectivity index (χ1n) is 7.26. The van der Waals surface area contributed by atoms with E-state index in [1.54, 1.807) is 6.07 Å². The van der Waals surface area contributed by atoms with Crippen molar-refractivity contribution in [2.45, 2.75) is 26.3 Å². The maximum absolute atomic E-state index is 13.7. The third-order valence-electron chi connectivity index (χ3n) is 3.61. The molecule has 0 radical (unpaired) electrons. The summed E-state index contributed by atoms with van der Waals surface area (Å²) in [7, 11) is 1.39. The molecule has 1 amide bonds. The second-order valence-electron chi connectivity index (χ2n) is 5.19. The second-order valence-corrected chi connectivity index (χ2v) is 5.19. The van der Waals surface area contributed by atoms with Gasteiger partial charge < -0.3 is 10.1 Å². The van der Waals surface area contributed by atoms with E-state index in [1.165, 1.54) is 24.8 Å². The van der Waals surface area contributed by atoms with Gasteiger partial charge in [-0.25, -0.2) is 4.39 Å². The van der Waals surface area contributed by atoms with E-state index < -0.39 is 5.82 Å². The summed E-state index contributed by atoms with van der Waals surface area (Å²) >= 11 is 0. The molecule has 116 valence electrons. The van der Waals surface area contributed by atoms with Gasteiger partial charge in [0.1, 0.15) is 0 Å². The number of benzene rings is 2. The summed E-state index contributed by atoms with van der Waals surface area (Å²) in [6, 6.07) is 12.1. The molecule has 0 fully saturated rings. The molecule has 0 aliphatic rings. The van der Waals surface area contributed by atoms with Crippen LogP contribution in [0.15, 0.2) is 42.5 Å². The number of aryl methyl sites for hydroxylation is 1. The Kier molecular flexibility index (Phi) is 5.15. The van der Waals surface area contributed by atoms with Gasteiger partial charge in [-0.3, -0.25) is 4.79 Å². The molecule has 0 aliphatic heterocycles. The highest BCUT2D eigenvalue weighted by Crippen LogP contribution is 2.20. The number of carbonyl (C=O) groups is 1. The molecule has 0 spiro atoms. The molecule has 2 aromatic rings. The van der Waals surface area contributed by atoms with Gasteiger partial charge in [0, 0.05) is 5.56 Å². The molecular weight excluding hydrogens is 281 g/mol. The summed E-state index contributed by atoms with van der Waals surface area (Å²) in [5, 5.41) is 2.94. The lowest BCUT2D eigenvalue weighted by Crippen LogP contribution is -2.28. The minimum Gasteiger partial charge on any atom is -0.494 e. The Balaban J connectivity index is 2.15. The monoisotopic (exact) mass is 301 g/mol. The number of amides is 1. The van der Waals surface area contributed by atoms with Crippen molar-refractivity contribution in [2.75, 3.05) is 7.11 Å². The molecule has 1 unspecified atom stereocenters. The molecule has 4 heteroatoms. The summed E-state index contributed by atoms with van der Waals surface area (Å²) in [6.07, 6.45) is 0.757. The lowest BCUT2D eigenvalue weighted by atomic mass is 10.0. The molecule has 2 aromatic carbocycles. The van der Waals surface area contributed by atoms with Gasteiger partial charge in [-0.1, -0.05) is 36.8 Å². The number of nitrogens with one attached hydrogen (secondary N) is 1. The van der Waals surface area contributed by atoms with Crippen molar-refractivity contribution in [2.24, 2.45) is 0 Å². The molecule has 1 N–H and O–H groups in total. The molecule has 22 heavy (non-hydrogen) atoms. The third kappa shape index (κ3) is 3.64. The number of rotatable bonds is 5. The molecule has 2 rings (SSSR count). The van der Waals surface area contributed by atoms with Crippen molar-refractivity contribution >= 4 is 5.91 Å². The Labute approximate surface area is 130 Å². The zero-order chi connectivity index (χ0) is 16.1. The molecule has 0 aliphatic carbocycles. The van der Waals surface area contributed by atoms with E-state index in [-0.39, 0.29) is 23.3 Å². The number of methoxy groups -OCH3 is 1. The zero-order valence-electron chi connectivity index (χ0n) is 13.0. The van der Waals surface area contributed by atoms with Crippen molar-refractivity contribution in [3.63, 3.8) is 0 Å². The number of hydrogen-bond acceptors (Lipinski definition) is 2. The van der Waals surface area contributed by atoms with Gasteiger partial charge in [0.25, 0.3) is 5.91 Å². The minimum atomic E-state index is -0.543. The van der Waals surface area contributed by atoms with Gasteiger partial charge in [0.05, 0.1) is 13.2 Å². The molecular formula is C18H20FNO2. The van der Waals surface area contributed by atoms with Gasteiger partial charge in [-0.2, -0.15) is 0 Å². The zero-order valence-corrected chi connectivity index (χ0v) is 13.0. The van der Waals surface area contributed by atoms with Gasteiger partial charge in [0.15, 0.2) is 11.6 Å². The van der Waals surface area contributed by atoms with Crippen molar-refractivity contribution in [3.05, 3.63) is 65.0 Å². The fourth-order valence-electron chi connectivity index (χ4n) is 2.27. The average Bonchev–Trinajstić information content (AvgIpc) is 2.53. The average molecular weight is 301 g/mol. The number of halogens is 1. The highest BCUT2D eigenvalue weighted by atomic mass is 19.1. The molecule has 0 saturated carbocycles. The molecule has 0 saturated heterocycles. The maximum Gasteiger partial charge on any atom is 0.251 e. The summed E-state index contributed by atoms with van der Waals surface area (Å²) in [5.74, 6) is -0.713. The Hall–Kier alpha value is -2.36. The van der Waals surface area contributed by atoms with E-state index in [0.29, 0.717) is 0 Å². The van der Waals surface area contributed by atoms with Crippen molar-refractivity contribution in [1.82, 2.24) is 5.32 Å². The maximum atomic E-state index is 13.7. The van der Waals surface area contributed by atoms with E-state index in [9.17, 15) is 9.18 Å². The van der Waals surface area contributed by atoms with Crippen LogP contribution in [-0.4, -0.2) is 13.0 Å². The van der Waals surface area contributed by atoms with Crippen LogP contribution in [0.5, 0.6) is 5.75 Å². The van der Waals surface area contributed by atoms with E-state index in [4.69, 9.17) is 4.74 Å². The van der Waals surface area contributed by atoms with Crippen LogP contribution >= 0.6 is 0 Å². The van der Waals surface area contributed by atoms with Crippen LogP contribution in [-0.2, 0) is 0 Å². The van der Waals surface area contributed by atoms with Crippen molar-refractivity contribution in [3.8, 4) is 5.75 Å². The molecule has 3 nitrogen and oxygen atoms in total. The number of carbonyl (C=O) groups excluding carboxylic acids is 1. The molecule has 0 heterocycles. The van der Waals surface area contributed by atoms with Gasteiger partial charge in [-0.05, 0) is 37.1 Å². The summed E-state index contributed by atoms with van der Waals surface area (Å²) in [5.41, 5.74) is 2.49. The summed E-state index contributed by atoms with van der Waals surface area (Å²) < 4.78 is 18.5. The smallest absolute Gasteiger partial charge is 0.251 e. The number of hydrogen-bond donors (Lipinski definition) is 1. The third-order valence-corrected chi connectivity index (χ3v) is 3.61. The van der Waals surface area contributed by atoms with Crippen molar-refractivity contribution < 1.29 is 13.9 Å². The number of ether oxygens (including phenoxy) is 1. The van der Waals surface area contributed by atoms with Crippen LogP contribution in [0.3, 0.4) is 0 Å². The summed E-state index contributed by atoms with van der Waals surface area (Å²) in [4.78, 5) is 12.3. The Morgan fingerprint density at radius 2 is 1.91 bits per heavy atom. The Morgan fingerprint density at radius 1 is 1.23 bits per heavy atom. The van der Waals surface area contributed by atoms with Crippen LogP contribution in [0.2, 0.25) is 0 Å². The standard InChI is InChI=1S/C18H20FNO2/c1-4-16(13-7-5-12(2)6-8-13)20-18(21)14-9-10-17(22-3)15(19)11-14/h5-11,16H,4H2,1-3H3,(H,20,21). The Bertz CT molecular complexity index is 653. The van der Waals surface area contributed by atoms with Gasteiger partial charge >= 0.3 is 0 Å². The lowest BCUT2D eigenvalue weighted by Gasteiger charge is -2.18. The molecule has 1 atom stereocenters. The largest absolute Gasteiger partial charge is 0.494 e.